The average Bonchev–Trinajstić information content (AvgIpc) is 3.33. The van der Waals surface area contributed by atoms with Crippen molar-refractivity contribution in [2.24, 2.45) is 5.41 Å². The zero-order valence-electron chi connectivity index (χ0n) is 22.8. The molecule has 1 fully saturated rings. The molecule has 1 saturated carbocycles. The molecule has 0 bridgehead atoms. The highest BCUT2D eigenvalue weighted by molar-refractivity contribution is 6.39. The number of carbonyl (C=O) groups is 3. The molecule has 0 saturated heterocycles. The molecule has 0 spiro atoms. The Bertz CT molecular complexity index is 1540. The molecule has 0 aliphatic heterocycles. The quantitative estimate of drug-likeness (QED) is 0.162. The van der Waals surface area contributed by atoms with Gasteiger partial charge in [-0.25, -0.2) is 13.8 Å². The van der Waals surface area contributed by atoms with Crippen LogP contribution in [0.15, 0.2) is 30.5 Å². The van der Waals surface area contributed by atoms with Gasteiger partial charge in [-0.05, 0) is 63.3 Å². The number of rotatable bonds is 8. The van der Waals surface area contributed by atoms with Gasteiger partial charge in [0.25, 0.3) is 5.91 Å². The summed E-state index contributed by atoms with van der Waals surface area (Å²) in [6.07, 6.45) is -4.07. The number of nitrogens with zero attached hydrogens (tertiary/aromatic N) is 4. The Kier molecular flexibility index (Phi) is 9.17. The predicted octanol–water partition coefficient (Wildman–Crippen LogP) is 6.92. The van der Waals surface area contributed by atoms with E-state index >= 15 is 0 Å². The molecule has 1 aliphatic rings. The Morgan fingerprint density at radius 2 is 1.70 bits per heavy atom. The average molecular weight is 647 g/mol. The third-order valence-corrected chi connectivity index (χ3v) is 8.04. The number of hydrogen-bond donors (Lipinski definition) is 1. The van der Waals surface area contributed by atoms with E-state index in [1.54, 1.807) is 6.92 Å². The summed E-state index contributed by atoms with van der Waals surface area (Å²) in [5.74, 6) is -5.24. The number of carboxylic acids is 1. The molecule has 1 amide bonds. The van der Waals surface area contributed by atoms with Crippen LogP contribution < -0.4 is 0 Å². The fraction of sp³-hybridized carbons (Fsp3) is 0.393. The molecular formula is C28H25Cl2F5N4O4. The van der Waals surface area contributed by atoms with Gasteiger partial charge in [0.1, 0.15) is 16.8 Å². The zero-order valence-corrected chi connectivity index (χ0v) is 24.3. The molecule has 1 N–H and O–H groups in total. The summed E-state index contributed by atoms with van der Waals surface area (Å²) in [5, 5.41) is 12.9. The summed E-state index contributed by atoms with van der Waals surface area (Å²) >= 11 is 12.3. The van der Waals surface area contributed by atoms with Gasteiger partial charge in [-0.2, -0.15) is 18.3 Å². The standard InChI is InChI=1S/C28H25Cl2F5N4O4/c1-14-7-20(29)22(24(30)37-14)21(40)13-38(12-15-8-16(31)10-17(32)9-15)25(41)19-11-36-39(23(19)28(33,34)35)18-3-5-27(2,6-4-18)26(42)43/h7-11,18H,3-6,12-13H2,1-2H3,(H,42,43)/t18-,27-. The molecule has 8 nitrogen and oxygen atoms in total. The number of alkyl halides is 3. The van der Waals surface area contributed by atoms with Crippen LogP contribution in [-0.2, 0) is 17.5 Å². The highest BCUT2D eigenvalue weighted by atomic mass is 35.5. The van der Waals surface area contributed by atoms with E-state index in [1.165, 1.54) is 13.0 Å². The van der Waals surface area contributed by atoms with E-state index in [0.717, 1.165) is 12.1 Å². The smallest absolute Gasteiger partial charge is 0.433 e. The topological polar surface area (TPSA) is 105 Å². The minimum absolute atomic E-state index is 0.0589. The van der Waals surface area contributed by atoms with Crippen LogP contribution in [0.1, 0.15) is 76.3 Å². The van der Waals surface area contributed by atoms with Gasteiger partial charge in [0, 0.05) is 18.3 Å². The van der Waals surface area contributed by atoms with Gasteiger partial charge in [0.2, 0.25) is 0 Å². The van der Waals surface area contributed by atoms with Crippen LogP contribution in [0, 0.1) is 24.0 Å². The van der Waals surface area contributed by atoms with Crippen molar-refractivity contribution >= 4 is 40.9 Å². The highest BCUT2D eigenvalue weighted by Gasteiger charge is 2.45. The van der Waals surface area contributed by atoms with E-state index in [9.17, 15) is 41.4 Å². The SMILES string of the molecule is Cc1cc(Cl)c(C(=O)CN(Cc2cc(F)cc(F)c2)C(=O)c2cnn([C@H]3CC[C@](C)(C(=O)O)CC3)c2C(F)(F)F)c(Cl)n1. The predicted molar refractivity (Wildman–Crippen MR) is 145 cm³/mol. The lowest BCUT2D eigenvalue weighted by atomic mass is 9.74. The Balaban J connectivity index is 1.74. The zero-order chi connectivity index (χ0) is 31.9. The lowest BCUT2D eigenvalue weighted by Crippen LogP contribution is -2.37. The van der Waals surface area contributed by atoms with Crippen LogP contribution >= 0.6 is 23.2 Å². The normalized spacial score (nSPS) is 18.9. The Hall–Kier alpha value is -3.58. The van der Waals surface area contributed by atoms with E-state index in [0.29, 0.717) is 27.5 Å². The van der Waals surface area contributed by atoms with Crippen LogP contribution in [0.4, 0.5) is 22.0 Å². The van der Waals surface area contributed by atoms with Gasteiger partial charge in [0.05, 0.1) is 40.3 Å². The van der Waals surface area contributed by atoms with Crippen LogP contribution in [-0.4, -0.2) is 49.0 Å². The van der Waals surface area contributed by atoms with E-state index < -0.39 is 71.3 Å². The molecule has 230 valence electrons. The van der Waals surface area contributed by atoms with Crippen molar-refractivity contribution in [3.05, 3.63) is 80.4 Å². The van der Waals surface area contributed by atoms with Crippen molar-refractivity contribution in [2.45, 2.75) is 58.3 Å². The minimum atomic E-state index is -5.08. The van der Waals surface area contributed by atoms with Gasteiger partial charge in [0.15, 0.2) is 11.5 Å². The maximum absolute atomic E-state index is 14.5. The van der Waals surface area contributed by atoms with Crippen molar-refractivity contribution < 1.29 is 41.4 Å². The Morgan fingerprint density at radius 3 is 2.23 bits per heavy atom. The fourth-order valence-corrected chi connectivity index (χ4v) is 5.91. The van der Waals surface area contributed by atoms with Crippen molar-refractivity contribution in [3.63, 3.8) is 0 Å². The van der Waals surface area contributed by atoms with Gasteiger partial charge in [-0.1, -0.05) is 23.2 Å². The molecule has 0 radical (unpaired) electrons. The molecule has 4 rings (SSSR count). The van der Waals surface area contributed by atoms with Crippen molar-refractivity contribution in [2.75, 3.05) is 6.54 Å². The number of carboxylic acid groups (broad SMARTS) is 1. The number of halogens is 7. The maximum Gasteiger partial charge on any atom is 0.433 e. The number of Topliss-reactive ketones (excluding diaryl/α,β-unsaturated/α-hetero) is 1. The van der Waals surface area contributed by atoms with Crippen LogP contribution in [0.25, 0.3) is 0 Å². The first-order chi connectivity index (χ1) is 20.0. The fourth-order valence-electron chi connectivity index (χ4n) is 5.17. The molecule has 0 unspecified atom stereocenters. The number of aliphatic carboxylic acids is 1. The van der Waals surface area contributed by atoms with Crippen LogP contribution in [0.3, 0.4) is 0 Å². The van der Waals surface area contributed by atoms with E-state index in [4.69, 9.17) is 23.2 Å². The largest absolute Gasteiger partial charge is 0.481 e. The monoisotopic (exact) mass is 646 g/mol. The third-order valence-electron chi connectivity index (χ3n) is 7.47. The number of benzene rings is 1. The molecule has 15 heteroatoms. The summed E-state index contributed by atoms with van der Waals surface area (Å²) in [6, 6.07) is 2.80. The van der Waals surface area contributed by atoms with Crippen molar-refractivity contribution in [3.8, 4) is 0 Å². The lowest BCUT2D eigenvalue weighted by molar-refractivity contribution is -0.152. The second kappa shape index (κ2) is 12.2. The molecule has 3 aromatic rings. The number of hydrogen-bond acceptors (Lipinski definition) is 5. The number of aryl methyl sites for hydroxylation is 1. The van der Waals surface area contributed by atoms with Crippen LogP contribution in [0.2, 0.25) is 10.2 Å². The second-order valence-electron chi connectivity index (χ2n) is 10.7. The lowest BCUT2D eigenvalue weighted by Gasteiger charge is -2.34. The molecule has 2 heterocycles. The number of ketones is 1. The number of carbonyl (C=O) groups excluding carboxylic acids is 2. The summed E-state index contributed by atoms with van der Waals surface area (Å²) in [6.45, 7) is 1.55. The van der Waals surface area contributed by atoms with Gasteiger partial charge in [-0.15, -0.1) is 0 Å². The molecule has 43 heavy (non-hydrogen) atoms. The first kappa shape index (κ1) is 32.3. The Morgan fingerprint density at radius 1 is 1.09 bits per heavy atom. The van der Waals surface area contributed by atoms with Gasteiger partial charge < -0.3 is 10.0 Å². The first-order valence-electron chi connectivity index (χ1n) is 13.0. The highest BCUT2D eigenvalue weighted by Crippen LogP contribution is 2.43. The van der Waals surface area contributed by atoms with Crippen molar-refractivity contribution in [1.82, 2.24) is 19.7 Å². The van der Waals surface area contributed by atoms with E-state index in [1.807, 2.05) is 0 Å². The molecule has 2 aromatic heterocycles. The summed E-state index contributed by atoms with van der Waals surface area (Å²) in [5.41, 5.74) is -3.44. The minimum Gasteiger partial charge on any atom is -0.481 e. The maximum atomic E-state index is 14.5. The van der Waals surface area contributed by atoms with E-state index in [2.05, 4.69) is 10.1 Å². The molecule has 1 aliphatic carbocycles. The van der Waals surface area contributed by atoms with Gasteiger partial charge in [-0.3, -0.25) is 19.1 Å². The first-order valence-corrected chi connectivity index (χ1v) is 13.7. The number of pyridine rings is 1. The Labute approximate surface area is 252 Å². The summed E-state index contributed by atoms with van der Waals surface area (Å²) < 4.78 is 72.0. The van der Waals surface area contributed by atoms with Crippen LogP contribution in [0.5, 0.6) is 0 Å². The molecular weight excluding hydrogens is 622 g/mol. The third kappa shape index (κ3) is 6.98. The van der Waals surface area contributed by atoms with Crippen molar-refractivity contribution in [1.29, 1.82) is 0 Å². The summed E-state index contributed by atoms with van der Waals surface area (Å²) in [7, 11) is 0. The van der Waals surface area contributed by atoms with Gasteiger partial charge >= 0.3 is 12.1 Å². The number of aromatic nitrogens is 3. The number of amides is 1. The molecule has 1 aromatic carbocycles. The second-order valence-corrected chi connectivity index (χ2v) is 11.5. The molecule has 0 atom stereocenters. The van der Waals surface area contributed by atoms with E-state index in [-0.39, 0.29) is 47.0 Å². The summed E-state index contributed by atoms with van der Waals surface area (Å²) in [4.78, 5) is 43.3.